The van der Waals surface area contributed by atoms with Crippen molar-refractivity contribution in [2.24, 2.45) is 0 Å². The standard InChI is InChI=1S/C21H26N6O2/c1-14-12-27(18-11-24-17(9-22)20-16(18)6-3-7-23-20)13-19(29-14)21(28)25-10-15-5-4-8-26(15)2/h3,6-7,11,14-15,19H,4-5,8,10,12-13H2,1-2H3,(H,25,28)/t14-,15-,19-/m1/s1. The van der Waals surface area contributed by atoms with E-state index in [0.717, 1.165) is 24.0 Å². The van der Waals surface area contributed by atoms with Crippen LogP contribution in [-0.2, 0) is 9.53 Å². The maximum atomic E-state index is 12.8. The van der Waals surface area contributed by atoms with Crippen molar-refractivity contribution in [2.75, 3.05) is 38.1 Å². The van der Waals surface area contributed by atoms with Crippen LogP contribution in [0.25, 0.3) is 10.9 Å². The summed E-state index contributed by atoms with van der Waals surface area (Å²) in [4.78, 5) is 25.8. The molecule has 3 atom stereocenters. The van der Waals surface area contributed by atoms with Crippen molar-refractivity contribution >= 4 is 22.5 Å². The van der Waals surface area contributed by atoms with Gasteiger partial charge in [0.15, 0.2) is 11.8 Å². The van der Waals surface area contributed by atoms with E-state index >= 15 is 0 Å². The lowest BCUT2D eigenvalue weighted by atomic mass is 10.1. The second kappa shape index (κ2) is 8.31. The van der Waals surface area contributed by atoms with E-state index in [1.165, 1.54) is 6.42 Å². The molecule has 0 radical (unpaired) electrons. The summed E-state index contributed by atoms with van der Waals surface area (Å²) in [7, 11) is 2.10. The van der Waals surface area contributed by atoms with Gasteiger partial charge in [0.2, 0.25) is 0 Å². The van der Waals surface area contributed by atoms with E-state index in [4.69, 9.17) is 4.74 Å². The van der Waals surface area contributed by atoms with Gasteiger partial charge in [0.25, 0.3) is 5.91 Å². The van der Waals surface area contributed by atoms with E-state index < -0.39 is 6.10 Å². The van der Waals surface area contributed by atoms with Crippen LogP contribution in [0.2, 0.25) is 0 Å². The third-order valence-corrected chi connectivity index (χ3v) is 5.81. The van der Waals surface area contributed by atoms with Crippen LogP contribution in [0.15, 0.2) is 24.5 Å². The number of aromatic nitrogens is 2. The van der Waals surface area contributed by atoms with Gasteiger partial charge in [-0.15, -0.1) is 0 Å². The molecule has 0 aliphatic carbocycles. The molecule has 4 heterocycles. The number of hydrogen-bond acceptors (Lipinski definition) is 7. The molecule has 2 aromatic heterocycles. The van der Waals surface area contributed by atoms with E-state index in [0.29, 0.717) is 36.9 Å². The molecule has 1 N–H and O–H groups in total. The maximum absolute atomic E-state index is 12.8. The number of ether oxygens (including phenoxy) is 1. The summed E-state index contributed by atoms with van der Waals surface area (Å²) >= 11 is 0. The van der Waals surface area contributed by atoms with Gasteiger partial charge < -0.3 is 19.9 Å². The third-order valence-electron chi connectivity index (χ3n) is 5.81. The molecule has 2 fully saturated rings. The van der Waals surface area contributed by atoms with Crippen LogP contribution in [0, 0.1) is 11.3 Å². The number of carbonyl (C=O) groups is 1. The molecule has 8 heteroatoms. The molecular formula is C21H26N6O2. The predicted octanol–water partition coefficient (Wildman–Crippen LogP) is 1.31. The molecule has 0 unspecified atom stereocenters. The van der Waals surface area contributed by atoms with E-state index in [-0.39, 0.29) is 12.0 Å². The Morgan fingerprint density at radius 3 is 3.03 bits per heavy atom. The molecule has 152 valence electrons. The van der Waals surface area contributed by atoms with E-state index in [2.05, 4.69) is 38.2 Å². The number of likely N-dealkylation sites (N-methyl/N-ethyl adjacent to an activating group) is 1. The zero-order valence-corrected chi connectivity index (χ0v) is 16.8. The van der Waals surface area contributed by atoms with E-state index in [9.17, 15) is 10.1 Å². The average molecular weight is 394 g/mol. The van der Waals surface area contributed by atoms with E-state index in [1.54, 1.807) is 12.4 Å². The molecule has 2 aromatic rings. The summed E-state index contributed by atoms with van der Waals surface area (Å²) in [5.74, 6) is -0.0779. The lowest BCUT2D eigenvalue weighted by Crippen LogP contribution is -2.54. The normalized spacial score (nSPS) is 25.1. The van der Waals surface area contributed by atoms with Crippen LogP contribution in [0.5, 0.6) is 0 Å². The Hall–Kier alpha value is -2.76. The van der Waals surface area contributed by atoms with Crippen molar-refractivity contribution in [2.45, 2.75) is 38.0 Å². The molecule has 2 aliphatic heterocycles. The summed E-state index contributed by atoms with van der Waals surface area (Å²) in [6, 6.07) is 6.28. The Labute approximate surface area is 170 Å². The highest BCUT2D eigenvalue weighted by molar-refractivity contribution is 5.94. The minimum absolute atomic E-state index is 0.0779. The van der Waals surface area contributed by atoms with Crippen LogP contribution >= 0.6 is 0 Å². The van der Waals surface area contributed by atoms with Crippen LogP contribution < -0.4 is 10.2 Å². The van der Waals surface area contributed by atoms with Crippen LogP contribution in [0.4, 0.5) is 5.69 Å². The summed E-state index contributed by atoms with van der Waals surface area (Å²) in [6.45, 7) is 4.78. The fourth-order valence-corrected chi connectivity index (χ4v) is 4.25. The monoisotopic (exact) mass is 394 g/mol. The molecule has 29 heavy (non-hydrogen) atoms. The fourth-order valence-electron chi connectivity index (χ4n) is 4.25. The summed E-state index contributed by atoms with van der Waals surface area (Å²) < 4.78 is 5.94. The number of nitriles is 1. The van der Waals surface area contributed by atoms with Gasteiger partial charge in [-0.05, 0) is 45.5 Å². The first kappa shape index (κ1) is 19.6. The number of pyridine rings is 2. The molecular weight excluding hydrogens is 368 g/mol. The van der Waals surface area contributed by atoms with Gasteiger partial charge in [-0.2, -0.15) is 5.26 Å². The lowest BCUT2D eigenvalue weighted by Gasteiger charge is -2.38. The molecule has 2 saturated heterocycles. The number of hydrogen-bond donors (Lipinski definition) is 1. The Morgan fingerprint density at radius 2 is 2.28 bits per heavy atom. The molecule has 0 aromatic carbocycles. The topological polar surface area (TPSA) is 94.4 Å². The smallest absolute Gasteiger partial charge is 0.251 e. The zero-order valence-electron chi connectivity index (χ0n) is 16.8. The average Bonchev–Trinajstić information content (AvgIpc) is 3.15. The molecule has 2 aliphatic rings. The predicted molar refractivity (Wildman–Crippen MR) is 109 cm³/mol. The second-order valence-corrected chi connectivity index (χ2v) is 7.87. The van der Waals surface area contributed by atoms with Gasteiger partial charge in [0, 0.05) is 30.7 Å². The highest BCUT2D eigenvalue weighted by Crippen LogP contribution is 2.29. The summed E-state index contributed by atoms with van der Waals surface area (Å²) in [6.07, 6.45) is 4.99. The minimum atomic E-state index is -0.548. The van der Waals surface area contributed by atoms with Gasteiger partial charge in [-0.25, -0.2) is 4.98 Å². The Bertz CT molecular complexity index is 942. The number of amides is 1. The number of fused-ring (bicyclic) bond motifs is 1. The molecule has 0 spiro atoms. The number of rotatable bonds is 4. The number of carbonyl (C=O) groups excluding carboxylic acids is 1. The summed E-state index contributed by atoms with van der Waals surface area (Å²) in [5.41, 5.74) is 1.76. The minimum Gasteiger partial charge on any atom is -0.364 e. The third kappa shape index (κ3) is 4.02. The van der Waals surface area contributed by atoms with Crippen molar-refractivity contribution in [1.29, 1.82) is 5.26 Å². The Kier molecular flexibility index (Phi) is 5.60. The Morgan fingerprint density at radius 1 is 1.41 bits per heavy atom. The number of morpholine rings is 1. The molecule has 0 bridgehead atoms. The SMILES string of the molecule is C[C@@H]1CN(c2cnc(C#N)c3ncccc23)C[C@H](C(=O)NC[C@H]2CCCN2C)O1. The van der Waals surface area contributed by atoms with Gasteiger partial charge in [0.05, 0.1) is 24.5 Å². The van der Waals surface area contributed by atoms with Gasteiger partial charge in [0.1, 0.15) is 11.6 Å². The number of nitrogens with one attached hydrogen (secondary N) is 1. The van der Waals surface area contributed by atoms with Crippen LogP contribution in [0.1, 0.15) is 25.5 Å². The number of anilines is 1. The fraction of sp³-hybridized carbons (Fsp3) is 0.524. The van der Waals surface area contributed by atoms with Crippen molar-refractivity contribution in [3.8, 4) is 6.07 Å². The van der Waals surface area contributed by atoms with Gasteiger partial charge in [-0.1, -0.05) is 0 Å². The van der Waals surface area contributed by atoms with Crippen molar-refractivity contribution in [3.05, 3.63) is 30.2 Å². The highest BCUT2D eigenvalue weighted by Gasteiger charge is 2.32. The van der Waals surface area contributed by atoms with Crippen LogP contribution in [0.3, 0.4) is 0 Å². The quantitative estimate of drug-likeness (QED) is 0.835. The molecule has 8 nitrogen and oxygen atoms in total. The van der Waals surface area contributed by atoms with Crippen molar-refractivity contribution < 1.29 is 9.53 Å². The maximum Gasteiger partial charge on any atom is 0.251 e. The second-order valence-electron chi connectivity index (χ2n) is 7.87. The van der Waals surface area contributed by atoms with Crippen LogP contribution in [-0.4, -0.2) is 72.3 Å². The first-order valence-electron chi connectivity index (χ1n) is 10.1. The summed E-state index contributed by atoms with van der Waals surface area (Å²) in [5, 5.41) is 13.2. The van der Waals surface area contributed by atoms with Gasteiger partial charge >= 0.3 is 0 Å². The number of nitrogens with zero attached hydrogens (tertiary/aromatic N) is 5. The van der Waals surface area contributed by atoms with Crippen molar-refractivity contribution in [1.82, 2.24) is 20.2 Å². The Balaban J connectivity index is 1.51. The molecule has 1 amide bonds. The lowest BCUT2D eigenvalue weighted by molar-refractivity contribution is -0.137. The highest BCUT2D eigenvalue weighted by atomic mass is 16.5. The molecule has 4 rings (SSSR count). The van der Waals surface area contributed by atoms with Crippen molar-refractivity contribution in [3.63, 3.8) is 0 Å². The largest absolute Gasteiger partial charge is 0.364 e. The zero-order chi connectivity index (χ0) is 20.4. The number of likely N-dealkylation sites (tertiary alicyclic amines) is 1. The van der Waals surface area contributed by atoms with E-state index in [1.807, 2.05) is 19.1 Å². The molecule has 0 saturated carbocycles. The first-order chi connectivity index (χ1) is 14.1. The first-order valence-corrected chi connectivity index (χ1v) is 10.1. The van der Waals surface area contributed by atoms with Gasteiger partial charge in [-0.3, -0.25) is 9.78 Å².